The monoisotopic (exact) mass is 454 g/mol. The minimum Gasteiger partial charge on any atom is -0.490 e. The summed E-state index contributed by atoms with van der Waals surface area (Å²) < 4.78 is 5.61. The van der Waals surface area contributed by atoms with Crippen molar-refractivity contribution < 1.29 is 4.74 Å². The van der Waals surface area contributed by atoms with E-state index in [1.807, 2.05) is 18.2 Å². The lowest BCUT2D eigenvalue weighted by Gasteiger charge is -2.24. The largest absolute Gasteiger partial charge is 0.490 e. The van der Waals surface area contributed by atoms with Gasteiger partial charge in [0.25, 0.3) is 0 Å². The molecule has 2 unspecified atom stereocenters. The Labute approximate surface area is 167 Å². The van der Waals surface area contributed by atoms with E-state index in [0.29, 0.717) is 19.1 Å². The van der Waals surface area contributed by atoms with Gasteiger partial charge in [0.05, 0.1) is 12.7 Å². The van der Waals surface area contributed by atoms with Crippen molar-refractivity contribution in [2.24, 2.45) is 4.99 Å². The van der Waals surface area contributed by atoms with Gasteiger partial charge in [-0.1, -0.05) is 37.3 Å². The van der Waals surface area contributed by atoms with Gasteiger partial charge in [0.15, 0.2) is 5.96 Å². The number of halogens is 1. The Morgan fingerprint density at radius 1 is 1.16 bits per heavy atom. The molecule has 0 amide bonds. The van der Waals surface area contributed by atoms with Gasteiger partial charge in [-0.3, -0.25) is 9.98 Å². The van der Waals surface area contributed by atoms with Gasteiger partial charge in [-0.15, -0.1) is 24.0 Å². The highest BCUT2D eigenvalue weighted by atomic mass is 127. The van der Waals surface area contributed by atoms with Crippen molar-refractivity contribution in [3.63, 3.8) is 0 Å². The van der Waals surface area contributed by atoms with Gasteiger partial charge in [-0.05, 0) is 24.6 Å². The molecule has 0 aliphatic rings. The zero-order chi connectivity index (χ0) is 17.2. The molecule has 25 heavy (non-hydrogen) atoms. The molecule has 1 heterocycles. The fourth-order valence-electron chi connectivity index (χ4n) is 2.35. The van der Waals surface area contributed by atoms with Crippen LogP contribution in [0.4, 0.5) is 0 Å². The third-order valence-electron chi connectivity index (χ3n) is 3.96. The second kappa shape index (κ2) is 11.7. The van der Waals surface area contributed by atoms with Gasteiger partial charge in [-0.25, -0.2) is 0 Å². The van der Waals surface area contributed by atoms with E-state index in [2.05, 4.69) is 58.7 Å². The molecule has 1 aromatic carbocycles. The van der Waals surface area contributed by atoms with Crippen LogP contribution >= 0.6 is 24.0 Å². The van der Waals surface area contributed by atoms with Crippen LogP contribution < -0.4 is 15.4 Å². The number of rotatable bonds is 7. The third-order valence-corrected chi connectivity index (χ3v) is 3.96. The summed E-state index contributed by atoms with van der Waals surface area (Å²) in [7, 11) is 1.78. The number of guanidine groups is 1. The Morgan fingerprint density at radius 3 is 2.56 bits per heavy atom. The number of aliphatic imine (C=N–C) groups is 1. The van der Waals surface area contributed by atoms with Gasteiger partial charge in [0.1, 0.15) is 12.4 Å². The fourth-order valence-corrected chi connectivity index (χ4v) is 2.35. The lowest BCUT2D eigenvalue weighted by atomic mass is 9.94. The molecule has 136 valence electrons. The second-order valence-corrected chi connectivity index (χ2v) is 5.67. The standard InChI is InChI=1S/C19H26N4O.HI/c1-15(17-8-5-4-6-9-17)16(2)23-19(20-3)22-12-13-24-18-10-7-11-21-14-18;/h4-11,14-16H,12-13H2,1-3H3,(H2,20,22,23);1H. The molecule has 1 aromatic heterocycles. The molecular formula is C19H27IN4O. The molecule has 2 atom stereocenters. The molecule has 0 bridgehead atoms. The molecule has 2 rings (SSSR count). The summed E-state index contributed by atoms with van der Waals surface area (Å²) in [5.41, 5.74) is 1.31. The predicted molar refractivity (Wildman–Crippen MR) is 114 cm³/mol. The molecule has 2 aromatic rings. The highest BCUT2D eigenvalue weighted by Gasteiger charge is 2.15. The van der Waals surface area contributed by atoms with Crippen molar-refractivity contribution in [3.8, 4) is 5.75 Å². The van der Waals surface area contributed by atoms with E-state index in [1.54, 1.807) is 19.4 Å². The van der Waals surface area contributed by atoms with E-state index < -0.39 is 0 Å². The Hall–Kier alpha value is -1.83. The number of ether oxygens (including phenoxy) is 1. The van der Waals surface area contributed by atoms with Crippen LogP contribution in [0.3, 0.4) is 0 Å². The van der Waals surface area contributed by atoms with Crippen molar-refractivity contribution in [2.45, 2.75) is 25.8 Å². The van der Waals surface area contributed by atoms with E-state index in [4.69, 9.17) is 4.74 Å². The topological polar surface area (TPSA) is 58.5 Å². The van der Waals surface area contributed by atoms with Crippen LogP contribution in [-0.2, 0) is 0 Å². The molecule has 0 saturated heterocycles. The number of nitrogens with zero attached hydrogens (tertiary/aromatic N) is 2. The molecular weight excluding hydrogens is 427 g/mol. The summed E-state index contributed by atoms with van der Waals surface area (Å²) in [5.74, 6) is 1.93. The van der Waals surface area contributed by atoms with E-state index in [1.165, 1.54) is 5.56 Å². The van der Waals surface area contributed by atoms with Crippen LogP contribution in [0.25, 0.3) is 0 Å². The van der Waals surface area contributed by atoms with Gasteiger partial charge in [0, 0.05) is 25.2 Å². The molecule has 6 heteroatoms. The molecule has 0 aliphatic carbocycles. The van der Waals surface area contributed by atoms with E-state index in [0.717, 1.165) is 11.7 Å². The normalized spacial score (nSPS) is 13.3. The molecule has 0 saturated carbocycles. The summed E-state index contributed by atoms with van der Waals surface area (Å²) in [6.07, 6.45) is 3.43. The van der Waals surface area contributed by atoms with Crippen LogP contribution in [0, 0.1) is 0 Å². The third kappa shape index (κ3) is 7.29. The van der Waals surface area contributed by atoms with Crippen molar-refractivity contribution >= 4 is 29.9 Å². The Bertz CT molecular complexity index is 622. The van der Waals surface area contributed by atoms with Crippen LogP contribution in [0.5, 0.6) is 5.75 Å². The van der Waals surface area contributed by atoms with Crippen molar-refractivity contribution in [1.82, 2.24) is 15.6 Å². The first-order valence-electron chi connectivity index (χ1n) is 8.25. The van der Waals surface area contributed by atoms with Crippen LogP contribution in [0.15, 0.2) is 59.9 Å². The first kappa shape index (κ1) is 21.2. The van der Waals surface area contributed by atoms with Crippen LogP contribution in [0.2, 0.25) is 0 Å². The number of pyridine rings is 1. The lowest BCUT2D eigenvalue weighted by Crippen LogP contribution is -2.45. The number of benzene rings is 1. The highest BCUT2D eigenvalue weighted by molar-refractivity contribution is 14.0. The Balaban J connectivity index is 0.00000312. The number of nitrogens with one attached hydrogen (secondary N) is 2. The summed E-state index contributed by atoms with van der Waals surface area (Å²) in [5, 5.41) is 6.70. The quantitative estimate of drug-likeness (QED) is 0.291. The molecule has 2 N–H and O–H groups in total. The average Bonchev–Trinajstić information content (AvgIpc) is 2.65. The fraction of sp³-hybridized carbons (Fsp3) is 0.368. The summed E-state index contributed by atoms with van der Waals surface area (Å²) >= 11 is 0. The molecule has 0 spiro atoms. The number of aromatic nitrogens is 1. The van der Waals surface area contributed by atoms with Gasteiger partial charge < -0.3 is 15.4 Å². The minimum absolute atomic E-state index is 0. The van der Waals surface area contributed by atoms with Gasteiger partial charge in [0.2, 0.25) is 0 Å². The molecule has 0 aliphatic heterocycles. The van der Waals surface area contributed by atoms with Crippen molar-refractivity contribution in [2.75, 3.05) is 20.2 Å². The Kier molecular flexibility index (Phi) is 9.91. The number of hydrogen-bond donors (Lipinski definition) is 2. The maximum absolute atomic E-state index is 5.61. The van der Waals surface area contributed by atoms with Crippen LogP contribution in [-0.4, -0.2) is 37.2 Å². The zero-order valence-electron chi connectivity index (χ0n) is 15.0. The highest BCUT2D eigenvalue weighted by Crippen LogP contribution is 2.18. The first-order valence-corrected chi connectivity index (χ1v) is 8.25. The van der Waals surface area contributed by atoms with E-state index >= 15 is 0 Å². The second-order valence-electron chi connectivity index (χ2n) is 5.67. The van der Waals surface area contributed by atoms with Gasteiger partial charge >= 0.3 is 0 Å². The lowest BCUT2D eigenvalue weighted by molar-refractivity contribution is 0.320. The maximum atomic E-state index is 5.61. The SMILES string of the molecule is CN=C(NCCOc1cccnc1)NC(C)C(C)c1ccccc1.I. The van der Waals surface area contributed by atoms with E-state index in [9.17, 15) is 0 Å². The average molecular weight is 454 g/mol. The predicted octanol–water partition coefficient (Wildman–Crippen LogP) is 3.44. The number of hydrogen-bond acceptors (Lipinski definition) is 3. The maximum Gasteiger partial charge on any atom is 0.191 e. The summed E-state index contributed by atoms with van der Waals surface area (Å²) in [6, 6.07) is 14.5. The molecule has 5 nitrogen and oxygen atoms in total. The molecule has 0 fully saturated rings. The summed E-state index contributed by atoms with van der Waals surface area (Å²) in [6.45, 7) is 5.60. The van der Waals surface area contributed by atoms with Crippen LogP contribution in [0.1, 0.15) is 25.3 Å². The summed E-state index contributed by atoms with van der Waals surface area (Å²) in [4.78, 5) is 8.30. The minimum atomic E-state index is 0. The van der Waals surface area contributed by atoms with Gasteiger partial charge in [-0.2, -0.15) is 0 Å². The van der Waals surface area contributed by atoms with E-state index in [-0.39, 0.29) is 30.0 Å². The zero-order valence-corrected chi connectivity index (χ0v) is 17.3. The smallest absolute Gasteiger partial charge is 0.191 e. The molecule has 0 radical (unpaired) electrons. The Morgan fingerprint density at radius 2 is 1.92 bits per heavy atom. The van der Waals surface area contributed by atoms with Crippen molar-refractivity contribution in [1.29, 1.82) is 0 Å². The first-order chi connectivity index (χ1) is 11.7. The van der Waals surface area contributed by atoms with Crippen molar-refractivity contribution in [3.05, 3.63) is 60.4 Å².